The number of hydrogen-bond donors (Lipinski definition) is 1. The minimum absolute atomic E-state index is 0.135. The quantitative estimate of drug-likeness (QED) is 0.571. The highest BCUT2D eigenvalue weighted by Gasteiger charge is 1.95. The number of halogens is 1. The first-order valence-corrected chi connectivity index (χ1v) is 7.78. The lowest BCUT2D eigenvalue weighted by Gasteiger charge is -2.05. The van der Waals surface area contributed by atoms with E-state index in [1.807, 2.05) is 6.07 Å². The van der Waals surface area contributed by atoms with Crippen molar-refractivity contribution in [3.8, 4) is 0 Å². The molecule has 0 spiro atoms. The summed E-state index contributed by atoms with van der Waals surface area (Å²) in [6.07, 6.45) is 10.3. The van der Waals surface area contributed by atoms with Gasteiger partial charge in [-0.05, 0) is 43.6 Å². The monoisotopic (exact) mass is 265 g/mol. The molecule has 1 aromatic rings. The molecule has 19 heavy (non-hydrogen) atoms. The van der Waals surface area contributed by atoms with E-state index in [9.17, 15) is 4.39 Å². The van der Waals surface area contributed by atoms with Crippen LogP contribution in [0.2, 0.25) is 0 Å². The number of hydrogen-bond acceptors (Lipinski definition) is 1. The van der Waals surface area contributed by atoms with E-state index in [-0.39, 0.29) is 5.82 Å². The molecular weight excluding hydrogens is 237 g/mol. The van der Waals surface area contributed by atoms with Gasteiger partial charge in [-0.3, -0.25) is 0 Å². The normalized spacial score (nSPS) is 10.8. The summed E-state index contributed by atoms with van der Waals surface area (Å²) >= 11 is 0. The number of unbranched alkanes of at least 4 members (excludes halogenated alkanes) is 6. The van der Waals surface area contributed by atoms with Crippen LogP contribution < -0.4 is 5.32 Å². The highest BCUT2D eigenvalue weighted by Crippen LogP contribution is 2.06. The molecule has 0 aliphatic carbocycles. The molecule has 0 aromatic heterocycles. The molecule has 1 aromatic carbocycles. The molecule has 0 fully saturated rings. The SMILES string of the molecule is CCCCCCCCCNCCc1cccc(F)c1. The van der Waals surface area contributed by atoms with E-state index in [0.29, 0.717) is 0 Å². The second kappa shape index (κ2) is 11.0. The van der Waals surface area contributed by atoms with Crippen LogP contribution in [-0.4, -0.2) is 13.1 Å². The van der Waals surface area contributed by atoms with Crippen LogP contribution in [0.4, 0.5) is 4.39 Å². The minimum atomic E-state index is -0.135. The highest BCUT2D eigenvalue weighted by atomic mass is 19.1. The first-order chi connectivity index (χ1) is 9.33. The average molecular weight is 265 g/mol. The molecule has 1 N–H and O–H groups in total. The molecule has 2 heteroatoms. The molecule has 0 amide bonds. The molecule has 1 nitrogen and oxygen atoms in total. The zero-order valence-corrected chi connectivity index (χ0v) is 12.3. The van der Waals surface area contributed by atoms with E-state index in [1.54, 1.807) is 12.1 Å². The smallest absolute Gasteiger partial charge is 0.123 e. The summed E-state index contributed by atoms with van der Waals surface area (Å²) in [5.74, 6) is -0.135. The second-order valence-electron chi connectivity index (χ2n) is 5.25. The van der Waals surface area contributed by atoms with Crippen molar-refractivity contribution in [1.29, 1.82) is 0 Å². The molecule has 0 atom stereocenters. The van der Waals surface area contributed by atoms with Crippen LogP contribution >= 0.6 is 0 Å². The number of nitrogens with one attached hydrogen (secondary N) is 1. The van der Waals surface area contributed by atoms with Crippen molar-refractivity contribution in [3.05, 3.63) is 35.6 Å². The Morgan fingerprint density at radius 3 is 2.42 bits per heavy atom. The maximum absolute atomic E-state index is 12.9. The van der Waals surface area contributed by atoms with Crippen LogP contribution in [-0.2, 0) is 6.42 Å². The predicted octanol–water partition coefficient (Wildman–Crippen LogP) is 4.71. The fourth-order valence-electron chi connectivity index (χ4n) is 2.26. The molecule has 0 unspecified atom stereocenters. The highest BCUT2D eigenvalue weighted by molar-refractivity contribution is 5.16. The van der Waals surface area contributed by atoms with E-state index >= 15 is 0 Å². The molecule has 108 valence electrons. The Balaban J connectivity index is 1.89. The van der Waals surface area contributed by atoms with Crippen LogP contribution in [0, 0.1) is 5.82 Å². The van der Waals surface area contributed by atoms with Crippen molar-refractivity contribution in [2.45, 2.75) is 58.3 Å². The van der Waals surface area contributed by atoms with Gasteiger partial charge in [0, 0.05) is 0 Å². The zero-order chi connectivity index (χ0) is 13.8. The van der Waals surface area contributed by atoms with Gasteiger partial charge in [0.1, 0.15) is 5.82 Å². The summed E-state index contributed by atoms with van der Waals surface area (Å²) in [6, 6.07) is 6.88. The van der Waals surface area contributed by atoms with Gasteiger partial charge in [-0.1, -0.05) is 57.6 Å². The summed E-state index contributed by atoms with van der Waals surface area (Å²) in [7, 11) is 0. The van der Waals surface area contributed by atoms with Gasteiger partial charge in [0.2, 0.25) is 0 Å². The van der Waals surface area contributed by atoms with Gasteiger partial charge in [0.15, 0.2) is 0 Å². The van der Waals surface area contributed by atoms with Crippen LogP contribution in [0.1, 0.15) is 57.4 Å². The molecule has 0 bridgehead atoms. The van der Waals surface area contributed by atoms with Crippen LogP contribution in [0.3, 0.4) is 0 Å². The van der Waals surface area contributed by atoms with Crippen molar-refractivity contribution < 1.29 is 4.39 Å². The molecule has 0 heterocycles. The molecule has 0 saturated carbocycles. The molecule has 0 aliphatic rings. The van der Waals surface area contributed by atoms with Gasteiger partial charge in [-0.2, -0.15) is 0 Å². The lowest BCUT2D eigenvalue weighted by molar-refractivity contribution is 0.563. The van der Waals surface area contributed by atoms with Crippen molar-refractivity contribution in [3.63, 3.8) is 0 Å². The maximum atomic E-state index is 12.9. The number of benzene rings is 1. The van der Waals surface area contributed by atoms with Gasteiger partial charge in [0.05, 0.1) is 0 Å². The molecule has 0 radical (unpaired) electrons. The third-order valence-corrected chi connectivity index (χ3v) is 3.44. The Morgan fingerprint density at radius 2 is 1.68 bits per heavy atom. The standard InChI is InChI=1S/C17H28FN/c1-2-3-4-5-6-7-8-13-19-14-12-16-10-9-11-17(18)15-16/h9-11,15,19H,2-8,12-14H2,1H3. The Bertz CT molecular complexity index is 325. The van der Waals surface area contributed by atoms with Gasteiger partial charge in [0.25, 0.3) is 0 Å². The summed E-state index contributed by atoms with van der Waals surface area (Å²) in [6.45, 7) is 4.28. The first kappa shape index (κ1) is 16.2. The molecular formula is C17H28FN. The van der Waals surface area contributed by atoms with Crippen LogP contribution in [0.15, 0.2) is 24.3 Å². The third-order valence-electron chi connectivity index (χ3n) is 3.44. The van der Waals surface area contributed by atoms with Crippen molar-refractivity contribution >= 4 is 0 Å². The van der Waals surface area contributed by atoms with E-state index in [0.717, 1.165) is 25.1 Å². The van der Waals surface area contributed by atoms with E-state index in [4.69, 9.17) is 0 Å². The van der Waals surface area contributed by atoms with Crippen molar-refractivity contribution in [2.75, 3.05) is 13.1 Å². The summed E-state index contributed by atoms with van der Waals surface area (Å²) in [5, 5.41) is 3.43. The fraction of sp³-hybridized carbons (Fsp3) is 0.647. The van der Waals surface area contributed by atoms with Crippen molar-refractivity contribution in [1.82, 2.24) is 5.32 Å². The minimum Gasteiger partial charge on any atom is -0.316 e. The second-order valence-corrected chi connectivity index (χ2v) is 5.25. The van der Waals surface area contributed by atoms with Crippen LogP contribution in [0.5, 0.6) is 0 Å². The largest absolute Gasteiger partial charge is 0.316 e. The lowest BCUT2D eigenvalue weighted by atomic mass is 10.1. The first-order valence-electron chi connectivity index (χ1n) is 7.78. The Morgan fingerprint density at radius 1 is 0.947 bits per heavy atom. The Kier molecular flexibility index (Phi) is 9.34. The Hall–Kier alpha value is -0.890. The van der Waals surface area contributed by atoms with Gasteiger partial charge >= 0.3 is 0 Å². The topological polar surface area (TPSA) is 12.0 Å². The summed E-state index contributed by atoms with van der Waals surface area (Å²) in [4.78, 5) is 0. The summed E-state index contributed by atoms with van der Waals surface area (Å²) in [5.41, 5.74) is 1.08. The maximum Gasteiger partial charge on any atom is 0.123 e. The molecule has 1 rings (SSSR count). The average Bonchev–Trinajstić information content (AvgIpc) is 2.41. The van der Waals surface area contributed by atoms with Crippen LogP contribution in [0.25, 0.3) is 0 Å². The molecule has 0 saturated heterocycles. The van der Waals surface area contributed by atoms with E-state index in [2.05, 4.69) is 12.2 Å². The van der Waals surface area contributed by atoms with Gasteiger partial charge < -0.3 is 5.32 Å². The number of rotatable bonds is 11. The Labute approximate surface area is 117 Å². The van der Waals surface area contributed by atoms with Gasteiger partial charge in [-0.25, -0.2) is 4.39 Å². The van der Waals surface area contributed by atoms with Gasteiger partial charge in [-0.15, -0.1) is 0 Å². The zero-order valence-electron chi connectivity index (χ0n) is 12.3. The van der Waals surface area contributed by atoms with Crippen molar-refractivity contribution in [2.24, 2.45) is 0 Å². The van der Waals surface area contributed by atoms with E-state index in [1.165, 1.54) is 51.0 Å². The predicted molar refractivity (Wildman–Crippen MR) is 81.0 cm³/mol. The summed E-state index contributed by atoms with van der Waals surface area (Å²) < 4.78 is 12.9. The lowest BCUT2D eigenvalue weighted by Crippen LogP contribution is -2.18. The third kappa shape index (κ3) is 8.77. The molecule has 0 aliphatic heterocycles. The van der Waals surface area contributed by atoms with E-state index < -0.39 is 0 Å². The fourth-order valence-corrected chi connectivity index (χ4v) is 2.26.